The van der Waals surface area contributed by atoms with Gasteiger partial charge in [0.15, 0.2) is 0 Å². The van der Waals surface area contributed by atoms with Gasteiger partial charge in [0.2, 0.25) is 5.91 Å². The van der Waals surface area contributed by atoms with Gasteiger partial charge < -0.3 is 20.3 Å². The minimum absolute atomic E-state index is 0.0793. The third-order valence-electron chi connectivity index (χ3n) is 4.38. The summed E-state index contributed by atoms with van der Waals surface area (Å²) in [5.74, 6) is 0.675. The number of carbonyl (C=O) groups is 2. The van der Waals surface area contributed by atoms with Gasteiger partial charge in [-0.1, -0.05) is 18.2 Å². The van der Waals surface area contributed by atoms with E-state index in [4.69, 9.17) is 4.74 Å². The molecule has 7 heteroatoms. The number of ether oxygens (including phenoxy) is 1. The third kappa shape index (κ3) is 5.27. The number of hydrogen-bond acceptors (Lipinski definition) is 5. The lowest BCUT2D eigenvalue weighted by atomic mass is 10.1. The molecule has 2 aromatic rings. The van der Waals surface area contributed by atoms with Crippen LogP contribution < -0.4 is 15.5 Å². The molecule has 1 aliphatic rings. The first-order valence-electron chi connectivity index (χ1n) is 9.01. The summed E-state index contributed by atoms with van der Waals surface area (Å²) in [6, 6.07) is 11.1. The second-order valence-electron chi connectivity index (χ2n) is 6.37. The molecule has 142 valence electrons. The standard InChI is InChI=1S/C20H24N4O3/c1-15(25)22-13-16-4-6-17(7-5-16)20(26)23-14-18-3-2-8-21-19(18)24-9-11-27-12-10-24/h2-8H,9-14H2,1H3,(H,22,25)(H,23,26). The van der Waals surface area contributed by atoms with Gasteiger partial charge in [0.25, 0.3) is 5.91 Å². The molecule has 0 atom stereocenters. The molecule has 2 heterocycles. The van der Waals surface area contributed by atoms with Crippen molar-refractivity contribution in [2.24, 2.45) is 0 Å². The molecule has 27 heavy (non-hydrogen) atoms. The van der Waals surface area contributed by atoms with E-state index >= 15 is 0 Å². The van der Waals surface area contributed by atoms with E-state index in [1.54, 1.807) is 18.3 Å². The summed E-state index contributed by atoms with van der Waals surface area (Å²) in [6.07, 6.45) is 1.77. The van der Waals surface area contributed by atoms with Crippen molar-refractivity contribution in [3.05, 3.63) is 59.3 Å². The highest BCUT2D eigenvalue weighted by molar-refractivity contribution is 5.94. The van der Waals surface area contributed by atoms with E-state index in [0.29, 0.717) is 31.9 Å². The normalized spacial score (nSPS) is 13.9. The SMILES string of the molecule is CC(=O)NCc1ccc(C(=O)NCc2cccnc2N2CCOCC2)cc1. The first-order chi connectivity index (χ1) is 13.1. The maximum absolute atomic E-state index is 12.4. The number of benzene rings is 1. The lowest BCUT2D eigenvalue weighted by Crippen LogP contribution is -2.37. The van der Waals surface area contributed by atoms with Gasteiger partial charge in [-0.2, -0.15) is 0 Å². The lowest BCUT2D eigenvalue weighted by molar-refractivity contribution is -0.119. The minimum Gasteiger partial charge on any atom is -0.378 e. The van der Waals surface area contributed by atoms with Crippen LogP contribution in [0.5, 0.6) is 0 Å². The van der Waals surface area contributed by atoms with Crippen LogP contribution in [0.1, 0.15) is 28.4 Å². The number of amides is 2. The minimum atomic E-state index is -0.141. The van der Waals surface area contributed by atoms with Crippen molar-refractivity contribution in [2.45, 2.75) is 20.0 Å². The molecule has 0 radical (unpaired) electrons. The summed E-state index contributed by atoms with van der Waals surface area (Å²) in [7, 11) is 0. The molecular formula is C20H24N4O3. The Morgan fingerprint density at radius 1 is 1.07 bits per heavy atom. The molecule has 2 amide bonds. The summed E-state index contributed by atoms with van der Waals surface area (Å²) in [4.78, 5) is 30.1. The maximum Gasteiger partial charge on any atom is 0.251 e. The molecule has 1 aliphatic heterocycles. The van der Waals surface area contributed by atoms with Crippen LogP contribution in [0, 0.1) is 0 Å². The van der Waals surface area contributed by atoms with Crippen LogP contribution in [0.4, 0.5) is 5.82 Å². The zero-order chi connectivity index (χ0) is 19.1. The van der Waals surface area contributed by atoms with Crippen LogP contribution in [0.2, 0.25) is 0 Å². The largest absolute Gasteiger partial charge is 0.378 e. The van der Waals surface area contributed by atoms with E-state index in [9.17, 15) is 9.59 Å². The monoisotopic (exact) mass is 368 g/mol. The van der Waals surface area contributed by atoms with Gasteiger partial charge in [-0.05, 0) is 23.8 Å². The Balaban J connectivity index is 1.60. The van der Waals surface area contributed by atoms with Crippen molar-refractivity contribution in [1.82, 2.24) is 15.6 Å². The van der Waals surface area contributed by atoms with Gasteiger partial charge in [0.05, 0.1) is 13.2 Å². The first kappa shape index (κ1) is 18.8. The number of morpholine rings is 1. The molecule has 1 aromatic heterocycles. The van der Waals surface area contributed by atoms with Gasteiger partial charge in [-0.25, -0.2) is 4.98 Å². The highest BCUT2D eigenvalue weighted by Gasteiger charge is 2.16. The van der Waals surface area contributed by atoms with Crippen molar-refractivity contribution in [2.75, 3.05) is 31.2 Å². The van der Waals surface area contributed by atoms with Crippen LogP contribution >= 0.6 is 0 Å². The smallest absolute Gasteiger partial charge is 0.251 e. The van der Waals surface area contributed by atoms with Crippen LogP contribution in [0.25, 0.3) is 0 Å². The number of hydrogen-bond donors (Lipinski definition) is 2. The summed E-state index contributed by atoms with van der Waals surface area (Å²) in [6.45, 7) is 5.32. The van der Waals surface area contributed by atoms with Crippen molar-refractivity contribution in [3.63, 3.8) is 0 Å². The second kappa shape index (κ2) is 9.14. The molecule has 0 spiro atoms. The number of nitrogens with one attached hydrogen (secondary N) is 2. The predicted octanol–water partition coefficient (Wildman–Crippen LogP) is 1.48. The molecule has 1 fully saturated rings. The van der Waals surface area contributed by atoms with E-state index < -0.39 is 0 Å². The molecular weight excluding hydrogens is 344 g/mol. The van der Waals surface area contributed by atoms with Crippen molar-refractivity contribution < 1.29 is 14.3 Å². The zero-order valence-electron chi connectivity index (χ0n) is 15.4. The summed E-state index contributed by atoms with van der Waals surface area (Å²) in [5.41, 5.74) is 2.51. The maximum atomic E-state index is 12.4. The Bertz CT molecular complexity index is 786. The van der Waals surface area contributed by atoms with Gasteiger partial charge in [-0.15, -0.1) is 0 Å². The highest BCUT2D eigenvalue weighted by Crippen LogP contribution is 2.18. The average molecular weight is 368 g/mol. The number of carbonyl (C=O) groups excluding carboxylic acids is 2. The van der Waals surface area contributed by atoms with E-state index in [1.807, 2.05) is 24.3 Å². The van der Waals surface area contributed by atoms with Gasteiger partial charge in [-0.3, -0.25) is 9.59 Å². The molecule has 0 saturated carbocycles. The number of aromatic nitrogens is 1. The Morgan fingerprint density at radius 3 is 2.52 bits per heavy atom. The van der Waals surface area contributed by atoms with E-state index in [-0.39, 0.29) is 11.8 Å². The fraction of sp³-hybridized carbons (Fsp3) is 0.350. The quantitative estimate of drug-likeness (QED) is 0.807. The summed E-state index contributed by atoms with van der Waals surface area (Å²) in [5, 5.41) is 5.69. The zero-order valence-corrected chi connectivity index (χ0v) is 15.4. The van der Waals surface area contributed by atoms with Gasteiger partial charge in [0, 0.05) is 50.4 Å². The Labute approximate surface area is 158 Å². The first-order valence-corrected chi connectivity index (χ1v) is 9.01. The van der Waals surface area contributed by atoms with E-state index in [2.05, 4.69) is 20.5 Å². The topological polar surface area (TPSA) is 83.6 Å². The number of rotatable bonds is 6. The number of anilines is 1. The fourth-order valence-corrected chi connectivity index (χ4v) is 2.91. The molecule has 7 nitrogen and oxygen atoms in total. The van der Waals surface area contributed by atoms with Gasteiger partial charge in [0.1, 0.15) is 5.82 Å². The van der Waals surface area contributed by atoms with E-state index in [0.717, 1.165) is 30.0 Å². The van der Waals surface area contributed by atoms with Crippen molar-refractivity contribution >= 4 is 17.6 Å². The molecule has 0 aliphatic carbocycles. The summed E-state index contributed by atoms with van der Waals surface area (Å²) < 4.78 is 5.39. The number of pyridine rings is 1. The molecule has 2 N–H and O–H groups in total. The average Bonchev–Trinajstić information content (AvgIpc) is 2.71. The highest BCUT2D eigenvalue weighted by atomic mass is 16.5. The van der Waals surface area contributed by atoms with Crippen LogP contribution in [-0.2, 0) is 22.6 Å². The molecule has 1 aromatic carbocycles. The predicted molar refractivity (Wildman–Crippen MR) is 102 cm³/mol. The van der Waals surface area contributed by atoms with Crippen LogP contribution in [0.15, 0.2) is 42.6 Å². The van der Waals surface area contributed by atoms with Gasteiger partial charge >= 0.3 is 0 Å². The van der Waals surface area contributed by atoms with Crippen molar-refractivity contribution in [3.8, 4) is 0 Å². The fourth-order valence-electron chi connectivity index (χ4n) is 2.91. The molecule has 0 unspecified atom stereocenters. The van der Waals surface area contributed by atoms with E-state index in [1.165, 1.54) is 6.92 Å². The lowest BCUT2D eigenvalue weighted by Gasteiger charge is -2.29. The van der Waals surface area contributed by atoms with Crippen molar-refractivity contribution in [1.29, 1.82) is 0 Å². The summed E-state index contributed by atoms with van der Waals surface area (Å²) >= 11 is 0. The van der Waals surface area contributed by atoms with Crippen LogP contribution in [0.3, 0.4) is 0 Å². The Morgan fingerprint density at radius 2 is 1.81 bits per heavy atom. The van der Waals surface area contributed by atoms with Crippen LogP contribution in [-0.4, -0.2) is 43.1 Å². The number of nitrogens with zero attached hydrogens (tertiary/aromatic N) is 2. The molecule has 0 bridgehead atoms. The third-order valence-corrected chi connectivity index (χ3v) is 4.38. The molecule has 1 saturated heterocycles. The Hall–Kier alpha value is -2.93. The second-order valence-corrected chi connectivity index (χ2v) is 6.37. The molecule has 3 rings (SSSR count). The Kier molecular flexibility index (Phi) is 6.38.